The highest BCUT2D eigenvalue weighted by atomic mass is 16.6. The van der Waals surface area contributed by atoms with Crippen LogP contribution in [0.4, 0.5) is 0 Å². The Hall–Kier alpha value is -1.88. The SMILES string of the molecule is CCOC(=O)c1cccc(C(=O)OCCOC)c1. The van der Waals surface area contributed by atoms with Gasteiger partial charge in [-0.05, 0) is 25.1 Å². The van der Waals surface area contributed by atoms with Gasteiger partial charge in [0.2, 0.25) is 0 Å². The van der Waals surface area contributed by atoms with Crippen LogP contribution in [0.15, 0.2) is 24.3 Å². The smallest absolute Gasteiger partial charge is 0.338 e. The van der Waals surface area contributed by atoms with Crippen LogP contribution in [0.3, 0.4) is 0 Å². The summed E-state index contributed by atoms with van der Waals surface area (Å²) in [6, 6.07) is 6.23. The number of ether oxygens (including phenoxy) is 3. The maximum atomic E-state index is 11.6. The molecular formula is C13H16O5. The molecule has 98 valence electrons. The molecule has 0 atom stereocenters. The molecule has 0 amide bonds. The zero-order valence-electron chi connectivity index (χ0n) is 10.5. The molecule has 1 rings (SSSR count). The van der Waals surface area contributed by atoms with E-state index < -0.39 is 11.9 Å². The molecule has 5 nitrogen and oxygen atoms in total. The summed E-state index contributed by atoms with van der Waals surface area (Å²) in [6.07, 6.45) is 0. The van der Waals surface area contributed by atoms with Crippen LogP contribution in [0, 0.1) is 0 Å². The van der Waals surface area contributed by atoms with Crippen LogP contribution in [0.25, 0.3) is 0 Å². The average Bonchev–Trinajstić information content (AvgIpc) is 2.39. The topological polar surface area (TPSA) is 61.8 Å². The second-order valence-corrected chi connectivity index (χ2v) is 3.43. The van der Waals surface area contributed by atoms with E-state index in [4.69, 9.17) is 14.2 Å². The molecule has 0 spiro atoms. The standard InChI is InChI=1S/C13H16O5/c1-3-17-12(14)10-5-4-6-11(9-10)13(15)18-8-7-16-2/h4-6,9H,3,7-8H2,1-2H3. The van der Waals surface area contributed by atoms with Gasteiger partial charge in [0, 0.05) is 7.11 Å². The van der Waals surface area contributed by atoms with Gasteiger partial charge in [-0.3, -0.25) is 0 Å². The Morgan fingerprint density at radius 2 is 1.67 bits per heavy atom. The van der Waals surface area contributed by atoms with Crippen molar-refractivity contribution in [3.63, 3.8) is 0 Å². The molecule has 0 aliphatic rings. The van der Waals surface area contributed by atoms with Crippen molar-refractivity contribution >= 4 is 11.9 Å². The maximum Gasteiger partial charge on any atom is 0.338 e. The fourth-order valence-electron chi connectivity index (χ4n) is 1.29. The Kier molecular flexibility index (Phi) is 5.87. The van der Waals surface area contributed by atoms with Crippen molar-refractivity contribution in [1.29, 1.82) is 0 Å². The summed E-state index contributed by atoms with van der Waals surface area (Å²) in [5.74, 6) is -0.942. The molecule has 0 saturated carbocycles. The summed E-state index contributed by atoms with van der Waals surface area (Å²) in [7, 11) is 1.52. The van der Waals surface area contributed by atoms with E-state index in [0.717, 1.165) is 0 Å². The fourth-order valence-corrected chi connectivity index (χ4v) is 1.29. The molecule has 0 aliphatic heterocycles. The zero-order valence-corrected chi connectivity index (χ0v) is 10.5. The van der Waals surface area contributed by atoms with Gasteiger partial charge in [0.15, 0.2) is 0 Å². The van der Waals surface area contributed by atoms with Crippen LogP contribution < -0.4 is 0 Å². The summed E-state index contributed by atoms with van der Waals surface area (Å²) < 4.78 is 14.6. The maximum absolute atomic E-state index is 11.6. The molecule has 18 heavy (non-hydrogen) atoms. The van der Waals surface area contributed by atoms with Crippen LogP contribution >= 0.6 is 0 Å². The van der Waals surface area contributed by atoms with Gasteiger partial charge in [0.1, 0.15) is 6.61 Å². The predicted octanol–water partition coefficient (Wildman–Crippen LogP) is 1.67. The van der Waals surface area contributed by atoms with E-state index in [9.17, 15) is 9.59 Å². The molecule has 0 aliphatic carbocycles. The van der Waals surface area contributed by atoms with Crippen molar-refractivity contribution in [2.75, 3.05) is 26.9 Å². The molecule has 0 heterocycles. The van der Waals surface area contributed by atoms with Gasteiger partial charge >= 0.3 is 11.9 Å². The van der Waals surface area contributed by atoms with Crippen molar-refractivity contribution in [2.45, 2.75) is 6.92 Å². The Balaban J connectivity index is 2.69. The summed E-state index contributed by atoms with van der Waals surface area (Å²) in [4.78, 5) is 23.1. The highest BCUT2D eigenvalue weighted by Gasteiger charge is 2.11. The van der Waals surface area contributed by atoms with Crippen molar-refractivity contribution in [3.05, 3.63) is 35.4 Å². The van der Waals surface area contributed by atoms with Gasteiger partial charge in [-0.25, -0.2) is 9.59 Å². The monoisotopic (exact) mass is 252 g/mol. The zero-order chi connectivity index (χ0) is 13.4. The quantitative estimate of drug-likeness (QED) is 0.569. The molecular weight excluding hydrogens is 236 g/mol. The van der Waals surface area contributed by atoms with Crippen molar-refractivity contribution in [3.8, 4) is 0 Å². The number of hydrogen-bond acceptors (Lipinski definition) is 5. The molecule has 0 radical (unpaired) electrons. The van der Waals surface area contributed by atoms with Gasteiger partial charge in [-0.1, -0.05) is 6.07 Å². The third-order valence-corrected chi connectivity index (χ3v) is 2.13. The van der Waals surface area contributed by atoms with Crippen LogP contribution in [-0.2, 0) is 14.2 Å². The number of esters is 2. The first-order valence-corrected chi connectivity index (χ1v) is 5.62. The van der Waals surface area contributed by atoms with Crippen LogP contribution in [0.2, 0.25) is 0 Å². The highest BCUT2D eigenvalue weighted by Crippen LogP contribution is 2.08. The second kappa shape index (κ2) is 7.45. The van der Waals surface area contributed by atoms with Crippen molar-refractivity contribution < 1.29 is 23.8 Å². The first-order chi connectivity index (χ1) is 8.69. The Bertz CT molecular complexity index is 414. The van der Waals surface area contributed by atoms with E-state index in [-0.39, 0.29) is 6.61 Å². The van der Waals surface area contributed by atoms with Crippen molar-refractivity contribution in [2.24, 2.45) is 0 Å². The number of hydrogen-bond donors (Lipinski definition) is 0. The van der Waals surface area contributed by atoms with Crippen LogP contribution in [-0.4, -0.2) is 38.9 Å². The Labute approximate surface area is 106 Å². The molecule has 0 bridgehead atoms. The van der Waals surface area contributed by atoms with E-state index in [2.05, 4.69) is 0 Å². The van der Waals surface area contributed by atoms with Gasteiger partial charge in [0.05, 0.1) is 24.3 Å². The molecule has 5 heteroatoms. The van der Waals surface area contributed by atoms with Crippen LogP contribution in [0.5, 0.6) is 0 Å². The molecule has 0 unspecified atom stereocenters. The fraction of sp³-hybridized carbons (Fsp3) is 0.385. The minimum Gasteiger partial charge on any atom is -0.462 e. The minimum absolute atomic E-state index is 0.180. The summed E-state index contributed by atoms with van der Waals surface area (Å²) in [5.41, 5.74) is 0.648. The molecule has 0 aromatic heterocycles. The number of rotatable bonds is 6. The van der Waals surface area contributed by atoms with E-state index >= 15 is 0 Å². The van der Waals surface area contributed by atoms with E-state index in [0.29, 0.717) is 24.3 Å². The molecule has 0 saturated heterocycles. The minimum atomic E-state index is -0.488. The van der Waals surface area contributed by atoms with Gasteiger partial charge in [-0.2, -0.15) is 0 Å². The lowest BCUT2D eigenvalue weighted by Crippen LogP contribution is -2.11. The van der Waals surface area contributed by atoms with Gasteiger partial charge < -0.3 is 14.2 Å². The summed E-state index contributed by atoms with van der Waals surface area (Å²) in [5, 5.41) is 0. The lowest BCUT2D eigenvalue weighted by atomic mass is 10.1. The van der Waals surface area contributed by atoms with E-state index in [1.54, 1.807) is 25.1 Å². The second-order valence-electron chi connectivity index (χ2n) is 3.43. The average molecular weight is 252 g/mol. The predicted molar refractivity (Wildman–Crippen MR) is 64.6 cm³/mol. The lowest BCUT2D eigenvalue weighted by molar-refractivity contribution is 0.0388. The van der Waals surface area contributed by atoms with Crippen molar-refractivity contribution in [1.82, 2.24) is 0 Å². The highest BCUT2D eigenvalue weighted by molar-refractivity contribution is 5.95. The molecule has 0 fully saturated rings. The third kappa shape index (κ3) is 4.18. The third-order valence-electron chi connectivity index (χ3n) is 2.13. The summed E-state index contributed by atoms with van der Waals surface area (Å²) >= 11 is 0. The molecule has 1 aromatic carbocycles. The summed E-state index contributed by atoms with van der Waals surface area (Å²) in [6.45, 7) is 2.53. The Morgan fingerprint density at radius 3 is 2.22 bits per heavy atom. The Morgan fingerprint density at radius 1 is 1.06 bits per heavy atom. The largest absolute Gasteiger partial charge is 0.462 e. The first-order valence-electron chi connectivity index (χ1n) is 5.62. The first kappa shape index (κ1) is 14.2. The number of carbonyl (C=O) groups is 2. The molecule has 1 aromatic rings. The van der Waals surface area contributed by atoms with E-state index in [1.807, 2.05) is 0 Å². The number of carbonyl (C=O) groups excluding carboxylic acids is 2. The normalized spacial score (nSPS) is 9.89. The van der Waals surface area contributed by atoms with Gasteiger partial charge in [-0.15, -0.1) is 0 Å². The van der Waals surface area contributed by atoms with Crippen LogP contribution in [0.1, 0.15) is 27.6 Å². The van der Waals surface area contributed by atoms with Gasteiger partial charge in [0.25, 0.3) is 0 Å². The number of benzene rings is 1. The number of methoxy groups -OCH3 is 1. The molecule has 0 N–H and O–H groups in total. The van der Waals surface area contributed by atoms with E-state index in [1.165, 1.54) is 13.2 Å². The lowest BCUT2D eigenvalue weighted by Gasteiger charge is -2.06.